The van der Waals surface area contributed by atoms with Gasteiger partial charge >= 0.3 is 0 Å². The van der Waals surface area contributed by atoms with Crippen LogP contribution in [0.5, 0.6) is 0 Å². The lowest BCUT2D eigenvalue weighted by Gasteiger charge is -2.11. The van der Waals surface area contributed by atoms with Crippen molar-refractivity contribution in [2.75, 3.05) is 0 Å². The number of para-hydroxylation sites is 1. The van der Waals surface area contributed by atoms with Crippen molar-refractivity contribution in [3.8, 4) is 5.69 Å². The summed E-state index contributed by atoms with van der Waals surface area (Å²) in [6.07, 6.45) is 2.37. The Morgan fingerprint density at radius 1 is 1.12 bits per heavy atom. The van der Waals surface area contributed by atoms with E-state index in [0.29, 0.717) is 11.8 Å². The van der Waals surface area contributed by atoms with E-state index in [1.54, 1.807) is 11.8 Å². The number of thioether (sulfide) groups is 1. The van der Waals surface area contributed by atoms with Crippen LogP contribution in [0.1, 0.15) is 68.2 Å². The second kappa shape index (κ2) is 6.63. The van der Waals surface area contributed by atoms with Crippen molar-refractivity contribution in [3.05, 3.63) is 47.9 Å². The molecule has 0 spiro atoms. The van der Waals surface area contributed by atoms with Gasteiger partial charge in [0.1, 0.15) is 5.82 Å². The fourth-order valence-corrected chi connectivity index (χ4v) is 3.54. The summed E-state index contributed by atoms with van der Waals surface area (Å²) in [5, 5.41) is 13.8. The summed E-state index contributed by atoms with van der Waals surface area (Å²) in [6, 6.07) is 10.3. The molecule has 0 bridgehead atoms. The minimum atomic E-state index is 0.0127. The summed E-state index contributed by atoms with van der Waals surface area (Å²) < 4.78 is 7.60. The van der Waals surface area contributed by atoms with Gasteiger partial charge in [-0.1, -0.05) is 49.0 Å². The monoisotopic (exact) mass is 355 g/mol. The van der Waals surface area contributed by atoms with Crippen LogP contribution in [0, 0.1) is 0 Å². The fraction of sp³-hybridized carbons (Fsp3) is 0.444. The Morgan fingerprint density at radius 2 is 1.88 bits per heavy atom. The summed E-state index contributed by atoms with van der Waals surface area (Å²) in [5.41, 5.74) is 1.09. The summed E-state index contributed by atoms with van der Waals surface area (Å²) in [6.45, 7) is 6.17. The molecule has 1 aliphatic carbocycles. The third kappa shape index (κ3) is 3.33. The van der Waals surface area contributed by atoms with Gasteiger partial charge in [0.05, 0.1) is 5.25 Å². The quantitative estimate of drug-likeness (QED) is 0.606. The topological polar surface area (TPSA) is 69.6 Å². The van der Waals surface area contributed by atoms with E-state index in [9.17, 15) is 0 Å². The Bertz CT molecular complexity index is 853. The van der Waals surface area contributed by atoms with Gasteiger partial charge in [0.2, 0.25) is 5.89 Å². The molecule has 25 heavy (non-hydrogen) atoms. The average Bonchev–Trinajstić information content (AvgIpc) is 3.18. The highest BCUT2D eigenvalue weighted by molar-refractivity contribution is 7.99. The highest BCUT2D eigenvalue weighted by Crippen LogP contribution is 2.42. The zero-order valence-electron chi connectivity index (χ0n) is 14.6. The van der Waals surface area contributed by atoms with Crippen molar-refractivity contribution >= 4 is 11.8 Å². The number of hydrogen-bond donors (Lipinski definition) is 0. The Balaban J connectivity index is 1.64. The minimum Gasteiger partial charge on any atom is -0.338 e. The molecule has 0 amide bonds. The van der Waals surface area contributed by atoms with Gasteiger partial charge < -0.3 is 4.52 Å². The van der Waals surface area contributed by atoms with Gasteiger partial charge in [0.15, 0.2) is 11.0 Å². The molecular weight excluding hydrogens is 334 g/mol. The lowest BCUT2D eigenvalue weighted by atomic mass is 10.2. The molecule has 0 radical (unpaired) electrons. The van der Waals surface area contributed by atoms with Gasteiger partial charge in [-0.2, -0.15) is 4.98 Å². The van der Waals surface area contributed by atoms with E-state index in [1.165, 1.54) is 12.8 Å². The lowest BCUT2D eigenvalue weighted by Crippen LogP contribution is -2.02. The molecule has 1 unspecified atom stereocenters. The van der Waals surface area contributed by atoms with Gasteiger partial charge in [0.25, 0.3) is 0 Å². The molecule has 0 saturated heterocycles. The van der Waals surface area contributed by atoms with E-state index in [2.05, 4.69) is 57.8 Å². The Hall–Kier alpha value is -2.15. The first kappa shape index (κ1) is 16.3. The van der Waals surface area contributed by atoms with E-state index in [-0.39, 0.29) is 11.2 Å². The molecule has 0 aliphatic heterocycles. The number of hydrogen-bond acceptors (Lipinski definition) is 6. The first-order chi connectivity index (χ1) is 12.1. The maximum atomic E-state index is 5.43. The van der Waals surface area contributed by atoms with Crippen LogP contribution in [-0.2, 0) is 0 Å². The van der Waals surface area contributed by atoms with Crippen molar-refractivity contribution in [3.63, 3.8) is 0 Å². The van der Waals surface area contributed by atoms with E-state index in [0.717, 1.165) is 22.5 Å². The predicted molar refractivity (Wildman–Crippen MR) is 96.0 cm³/mol. The second-order valence-electron chi connectivity index (χ2n) is 6.69. The fourth-order valence-electron chi connectivity index (χ4n) is 2.64. The van der Waals surface area contributed by atoms with E-state index < -0.39 is 0 Å². The van der Waals surface area contributed by atoms with Crippen LogP contribution in [0.2, 0.25) is 0 Å². The van der Waals surface area contributed by atoms with Gasteiger partial charge in [0, 0.05) is 17.5 Å². The van der Waals surface area contributed by atoms with Crippen LogP contribution < -0.4 is 0 Å². The highest BCUT2D eigenvalue weighted by atomic mass is 32.2. The standard InChI is InChI=1S/C18H21N5OS/c1-11(2)15-19-17(24-22-15)12(3)25-18-21-20-16(13-9-10-13)23(18)14-7-5-4-6-8-14/h4-8,11-13H,9-10H2,1-3H3. The van der Waals surface area contributed by atoms with Crippen LogP contribution >= 0.6 is 11.8 Å². The first-order valence-corrected chi connectivity index (χ1v) is 9.52. The first-order valence-electron chi connectivity index (χ1n) is 8.64. The molecule has 7 heteroatoms. The smallest absolute Gasteiger partial charge is 0.239 e. The lowest BCUT2D eigenvalue weighted by molar-refractivity contribution is 0.373. The normalized spacial score (nSPS) is 15.7. The molecule has 6 nitrogen and oxygen atoms in total. The van der Waals surface area contributed by atoms with Crippen molar-refractivity contribution in [1.29, 1.82) is 0 Å². The number of nitrogens with zero attached hydrogens (tertiary/aromatic N) is 5. The molecule has 1 aliphatic rings. The summed E-state index contributed by atoms with van der Waals surface area (Å²) >= 11 is 1.60. The second-order valence-corrected chi connectivity index (χ2v) is 8.00. The third-order valence-corrected chi connectivity index (χ3v) is 5.25. The number of aromatic nitrogens is 5. The molecule has 1 saturated carbocycles. The predicted octanol–water partition coefficient (Wildman–Crippen LogP) is 4.50. The van der Waals surface area contributed by atoms with Crippen LogP contribution in [0.25, 0.3) is 5.69 Å². The molecule has 1 atom stereocenters. The highest BCUT2D eigenvalue weighted by Gasteiger charge is 2.31. The molecule has 4 rings (SSSR count). The van der Waals surface area contributed by atoms with E-state index in [1.807, 2.05) is 18.2 Å². The minimum absolute atomic E-state index is 0.0127. The van der Waals surface area contributed by atoms with Crippen molar-refractivity contribution in [2.24, 2.45) is 0 Å². The van der Waals surface area contributed by atoms with Crippen molar-refractivity contribution < 1.29 is 4.52 Å². The molecule has 130 valence electrons. The maximum absolute atomic E-state index is 5.43. The van der Waals surface area contributed by atoms with Gasteiger partial charge in [-0.25, -0.2) is 0 Å². The molecule has 2 heterocycles. The Morgan fingerprint density at radius 3 is 2.52 bits per heavy atom. The molecule has 3 aromatic rings. The molecule has 1 fully saturated rings. The number of rotatable bonds is 6. The molecule has 2 aromatic heterocycles. The molecule has 0 N–H and O–H groups in total. The van der Waals surface area contributed by atoms with E-state index >= 15 is 0 Å². The van der Waals surface area contributed by atoms with Crippen LogP contribution in [-0.4, -0.2) is 24.9 Å². The largest absolute Gasteiger partial charge is 0.338 e. The Labute approximate surface area is 151 Å². The van der Waals surface area contributed by atoms with Gasteiger partial charge in [-0.3, -0.25) is 4.57 Å². The average molecular weight is 355 g/mol. The summed E-state index contributed by atoms with van der Waals surface area (Å²) in [4.78, 5) is 4.51. The van der Waals surface area contributed by atoms with E-state index in [4.69, 9.17) is 4.52 Å². The van der Waals surface area contributed by atoms with Gasteiger partial charge in [-0.15, -0.1) is 10.2 Å². The summed E-state index contributed by atoms with van der Waals surface area (Å²) in [7, 11) is 0. The van der Waals surface area contributed by atoms with Crippen LogP contribution in [0.4, 0.5) is 0 Å². The van der Waals surface area contributed by atoms with Gasteiger partial charge in [-0.05, 0) is 31.9 Å². The molecular formula is C18H21N5OS. The number of benzene rings is 1. The molecule has 1 aromatic carbocycles. The van der Waals surface area contributed by atoms with Crippen LogP contribution in [0.15, 0.2) is 40.0 Å². The van der Waals surface area contributed by atoms with Crippen LogP contribution in [0.3, 0.4) is 0 Å². The van der Waals surface area contributed by atoms with Crippen molar-refractivity contribution in [1.82, 2.24) is 24.9 Å². The third-order valence-electron chi connectivity index (χ3n) is 4.22. The zero-order chi connectivity index (χ0) is 17.4. The van der Waals surface area contributed by atoms with Crippen molar-refractivity contribution in [2.45, 2.75) is 55.9 Å². The summed E-state index contributed by atoms with van der Waals surface area (Å²) in [5.74, 6) is 3.20. The maximum Gasteiger partial charge on any atom is 0.239 e. The Kier molecular flexibility index (Phi) is 4.33. The SMILES string of the molecule is CC(C)c1noc(C(C)Sc2nnc(C3CC3)n2-c2ccccc2)n1. The zero-order valence-corrected chi connectivity index (χ0v) is 15.4.